The van der Waals surface area contributed by atoms with Crippen molar-refractivity contribution in [1.82, 2.24) is 8.61 Å². The van der Waals surface area contributed by atoms with Crippen LogP contribution in [0.15, 0.2) is 58.3 Å². The van der Waals surface area contributed by atoms with Gasteiger partial charge in [0.25, 0.3) is 0 Å². The minimum atomic E-state index is -3.67. The second-order valence-electron chi connectivity index (χ2n) is 6.26. The zero-order valence-corrected chi connectivity index (χ0v) is 17.3. The van der Waals surface area contributed by atoms with Crippen LogP contribution in [0.2, 0.25) is 5.02 Å². The van der Waals surface area contributed by atoms with E-state index in [-0.39, 0.29) is 36.0 Å². The second-order valence-corrected chi connectivity index (χ2v) is 10.6. The van der Waals surface area contributed by atoms with Gasteiger partial charge in [0, 0.05) is 31.2 Å². The van der Waals surface area contributed by atoms with E-state index in [2.05, 4.69) is 0 Å². The van der Waals surface area contributed by atoms with E-state index in [1.807, 2.05) is 6.92 Å². The second kappa shape index (κ2) is 7.89. The maximum Gasteiger partial charge on any atom is 0.243 e. The lowest BCUT2D eigenvalue weighted by molar-refractivity contribution is 0.273. The van der Waals surface area contributed by atoms with Crippen molar-refractivity contribution >= 4 is 31.6 Å². The summed E-state index contributed by atoms with van der Waals surface area (Å²) in [4.78, 5) is 0.382. The maximum absolute atomic E-state index is 12.8. The molecule has 27 heavy (non-hydrogen) atoms. The molecule has 0 N–H and O–H groups in total. The van der Waals surface area contributed by atoms with Crippen LogP contribution in [0.3, 0.4) is 0 Å². The number of nitrogens with zero attached hydrogens (tertiary/aromatic N) is 2. The minimum absolute atomic E-state index is 0.108. The van der Waals surface area contributed by atoms with Crippen molar-refractivity contribution in [2.45, 2.75) is 23.1 Å². The molecule has 146 valence electrons. The molecule has 6 nitrogen and oxygen atoms in total. The highest BCUT2D eigenvalue weighted by Gasteiger charge is 2.33. The van der Waals surface area contributed by atoms with Crippen LogP contribution in [0.25, 0.3) is 0 Å². The molecule has 1 aliphatic rings. The third-order valence-electron chi connectivity index (χ3n) is 4.62. The Balaban J connectivity index is 1.73. The van der Waals surface area contributed by atoms with Crippen molar-refractivity contribution in [3.05, 3.63) is 59.1 Å². The molecule has 1 saturated heterocycles. The Morgan fingerprint density at radius 1 is 0.741 bits per heavy atom. The molecule has 1 fully saturated rings. The number of aryl methyl sites for hydroxylation is 1. The van der Waals surface area contributed by atoms with Gasteiger partial charge in [-0.2, -0.15) is 8.61 Å². The predicted octanol–water partition coefficient (Wildman–Crippen LogP) is 2.60. The molecule has 9 heteroatoms. The van der Waals surface area contributed by atoms with Crippen LogP contribution in [0, 0.1) is 0 Å². The molecule has 0 aliphatic carbocycles. The van der Waals surface area contributed by atoms with E-state index in [0.29, 0.717) is 5.02 Å². The molecule has 0 atom stereocenters. The Labute approximate surface area is 165 Å². The van der Waals surface area contributed by atoms with Crippen LogP contribution in [-0.4, -0.2) is 51.6 Å². The summed E-state index contributed by atoms with van der Waals surface area (Å²) in [5, 5.41) is 0.457. The third kappa shape index (κ3) is 4.20. The van der Waals surface area contributed by atoms with Crippen LogP contribution in [0.4, 0.5) is 0 Å². The van der Waals surface area contributed by atoms with Gasteiger partial charge in [0.1, 0.15) is 0 Å². The van der Waals surface area contributed by atoms with Gasteiger partial charge in [-0.3, -0.25) is 0 Å². The highest BCUT2D eigenvalue weighted by Crippen LogP contribution is 2.23. The first-order valence-electron chi connectivity index (χ1n) is 8.60. The van der Waals surface area contributed by atoms with Crippen molar-refractivity contribution in [3.63, 3.8) is 0 Å². The summed E-state index contributed by atoms with van der Waals surface area (Å²) in [5.74, 6) is 0. The predicted molar refractivity (Wildman–Crippen MR) is 105 cm³/mol. The number of sulfonamides is 2. The maximum atomic E-state index is 12.8. The molecular formula is C18H21ClN2O4S2. The lowest BCUT2D eigenvalue weighted by atomic mass is 10.2. The molecule has 2 aromatic carbocycles. The summed E-state index contributed by atoms with van der Waals surface area (Å²) >= 11 is 5.81. The quantitative estimate of drug-likeness (QED) is 0.733. The Bertz CT molecular complexity index is 996. The SMILES string of the molecule is CCc1ccc(S(=O)(=O)N2CCN(S(=O)(=O)c3ccc(Cl)cc3)CC2)cc1. The van der Waals surface area contributed by atoms with Gasteiger partial charge in [-0.1, -0.05) is 30.7 Å². The molecule has 0 radical (unpaired) electrons. The molecule has 3 rings (SSSR count). The van der Waals surface area contributed by atoms with Gasteiger partial charge in [0.05, 0.1) is 9.79 Å². The average Bonchev–Trinajstić information content (AvgIpc) is 2.68. The summed E-state index contributed by atoms with van der Waals surface area (Å²) in [7, 11) is -7.30. The van der Waals surface area contributed by atoms with Crippen molar-refractivity contribution < 1.29 is 16.8 Å². The van der Waals surface area contributed by atoms with Crippen LogP contribution in [0.5, 0.6) is 0 Å². The molecule has 0 saturated carbocycles. The monoisotopic (exact) mass is 428 g/mol. The topological polar surface area (TPSA) is 74.8 Å². The number of hydrogen-bond acceptors (Lipinski definition) is 4. The van der Waals surface area contributed by atoms with Crippen LogP contribution >= 0.6 is 11.6 Å². The fraction of sp³-hybridized carbons (Fsp3) is 0.333. The van der Waals surface area contributed by atoms with Gasteiger partial charge in [0.15, 0.2) is 0 Å². The fourth-order valence-electron chi connectivity index (χ4n) is 2.95. The Morgan fingerprint density at radius 3 is 1.48 bits per heavy atom. The van der Waals surface area contributed by atoms with E-state index in [1.165, 1.54) is 32.9 Å². The van der Waals surface area contributed by atoms with E-state index in [1.54, 1.807) is 24.3 Å². The standard InChI is InChI=1S/C18H21ClN2O4S2/c1-2-15-3-7-17(8-4-15)26(22,23)20-11-13-21(14-12-20)27(24,25)18-9-5-16(19)6-10-18/h3-10H,2,11-14H2,1H3. The summed E-state index contributed by atoms with van der Waals surface area (Å²) in [6.45, 7) is 2.45. The smallest absolute Gasteiger partial charge is 0.207 e. The number of piperazine rings is 1. The van der Waals surface area contributed by atoms with Crippen molar-refractivity contribution in [2.24, 2.45) is 0 Å². The largest absolute Gasteiger partial charge is 0.243 e. The molecule has 0 unspecified atom stereocenters. The summed E-state index contributed by atoms with van der Waals surface area (Å²) in [6, 6.07) is 12.8. The fourth-order valence-corrected chi connectivity index (χ4v) is 5.92. The van der Waals surface area contributed by atoms with E-state index in [0.717, 1.165) is 12.0 Å². The highest BCUT2D eigenvalue weighted by molar-refractivity contribution is 7.89. The first kappa shape index (κ1) is 20.3. The van der Waals surface area contributed by atoms with Gasteiger partial charge in [-0.15, -0.1) is 0 Å². The summed E-state index contributed by atoms with van der Waals surface area (Å²) in [5.41, 5.74) is 1.06. The first-order chi connectivity index (χ1) is 12.7. The molecule has 1 heterocycles. The molecule has 0 bridgehead atoms. The third-order valence-corrected chi connectivity index (χ3v) is 8.70. The molecule has 0 spiro atoms. The molecule has 2 aromatic rings. The van der Waals surface area contributed by atoms with Crippen molar-refractivity contribution in [1.29, 1.82) is 0 Å². The van der Waals surface area contributed by atoms with E-state index in [4.69, 9.17) is 11.6 Å². The molecule has 1 aliphatic heterocycles. The highest BCUT2D eigenvalue weighted by atomic mass is 35.5. The van der Waals surface area contributed by atoms with Gasteiger partial charge in [-0.25, -0.2) is 16.8 Å². The lowest BCUT2D eigenvalue weighted by Crippen LogP contribution is -2.50. The Hall–Kier alpha value is -1.45. The van der Waals surface area contributed by atoms with Crippen molar-refractivity contribution in [3.8, 4) is 0 Å². The first-order valence-corrected chi connectivity index (χ1v) is 11.9. The van der Waals surface area contributed by atoms with Gasteiger partial charge < -0.3 is 0 Å². The van der Waals surface area contributed by atoms with Gasteiger partial charge in [0.2, 0.25) is 20.0 Å². The normalized spacial score (nSPS) is 17.1. The minimum Gasteiger partial charge on any atom is -0.207 e. The molecule has 0 amide bonds. The Morgan fingerprint density at radius 2 is 1.11 bits per heavy atom. The summed E-state index contributed by atoms with van der Waals surface area (Å²) in [6.07, 6.45) is 0.835. The Kier molecular flexibility index (Phi) is 5.93. The number of halogens is 1. The number of hydrogen-bond donors (Lipinski definition) is 0. The molecular weight excluding hydrogens is 408 g/mol. The lowest BCUT2D eigenvalue weighted by Gasteiger charge is -2.33. The van der Waals surface area contributed by atoms with Gasteiger partial charge >= 0.3 is 0 Å². The number of benzene rings is 2. The average molecular weight is 429 g/mol. The molecule has 0 aromatic heterocycles. The van der Waals surface area contributed by atoms with Gasteiger partial charge in [-0.05, 0) is 48.4 Å². The zero-order chi connectivity index (χ0) is 19.7. The van der Waals surface area contributed by atoms with E-state index >= 15 is 0 Å². The van der Waals surface area contributed by atoms with Crippen LogP contribution in [0.1, 0.15) is 12.5 Å². The summed E-state index contributed by atoms with van der Waals surface area (Å²) < 4.78 is 53.7. The zero-order valence-electron chi connectivity index (χ0n) is 14.9. The number of rotatable bonds is 5. The van der Waals surface area contributed by atoms with E-state index < -0.39 is 20.0 Å². The van der Waals surface area contributed by atoms with Crippen LogP contribution in [-0.2, 0) is 26.5 Å². The van der Waals surface area contributed by atoms with E-state index in [9.17, 15) is 16.8 Å². The van der Waals surface area contributed by atoms with Crippen molar-refractivity contribution in [2.75, 3.05) is 26.2 Å². The van der Waals surface area contributed by atoms with Crippen LogP contribution < -0.4 is 0 Å².